The summed E-state index contributed by atoms with van der Waals surface area (Å²) in [5.74, 6) is 0.829. The van der Waals surface area contributed by atoms with Gasteiger partial charge in [-0.3, -0.25) is 14.7 Å². The van der Waals surface area contributed by atoms with E-state index in [0.717, 1.165) is 18.8 Å². The van der Waals surface area contributed by atoms with E-state index in [0.29, 0.717) is 18.7 Å². The fourth-order valence-electron chi connectivity index (χ4n) is 3.44. The third-order valence-electron chi connectivity index (χ3n) is 4.81. The maximum Gasteiger partial charge on any atom is 0.251 e. The van der Waals surface area contributed by atoms with Crippen molar-refractivity contribution in [2.24, 2.45) is 0 Å². The Bertz CT molecular complexity index is 682. The van der Waals surface area contributed by atoms with Gasteiger partial charge in [-0.15, -0.1) is 0 Å². The highest BCUT2D eigenvalue weighted by molar-refractivity contribution is 5.93. The highest BCUT2D eigenvalue weighted by Crippen LogP contribution is 2.26. The molecule has 5 nitrogen and oxygen atoms in total. The van der Waals surface area contributed by atoms with Crippen molar-refractivity contribution >= 4 is 5.91 Å². The van der Waals surface area contributed by atoms with E-state index < -0.39 is 0 Å². The van der Waals surface area contributed by atoms with Crippen molar-refractivity contribution in [3.8, 4) is 5.75 Å². The van der Waals surface area contributed by atoms with Gasteiger partial charge in [-0.2, -0.15) is 0 Å². The van der Waals surface area contributed by atoms with E-state index >= 15 is 0 Å². The Kier molecular flexibility index (Phi) is 6.61. The summed E-state index contributed by atoms with van der Waals surface area (Å²) in [5, 5.41) is 3.09. The molecule has 3 rings (SSSR count). The molecule has 2 heterocycles. The lowest BCUT2D eigenvalue weighted by Crippen LogP contribution is -2.40. The number of carbonyl (C=O) groups is 1. The molecule has 0 aliphatic carbocycles. The Morgan fingerprint density at radius 1 is 1.12 bits per heavy atom. The number of piperidine rings is 1. The van der Waals surface area contributed by atoms with Gasteiger partial charge >= 0.3 is 0 Å². The smallest absolute Gasteiger partial charge is 0.251 e. The highest BCUT2D eigenvalue weighted by Gasteiger charge is 2.23. The summed E-state index contributed by atoms with van der Waals surface area (Å²) < 4.78 is 5.55. The molecule has 1 aliphatic rings. The first-order valence-corrected chi connectivity index (χ1v) is 9.43. The highest BCUT2D eigenvalue weighted by atomic mass is 16.5. The molecule has 0 saturated carbocycles. The lowest BCUT2D eigenvalue weighted by Gasteiger charge is -2.35. The monoisotopic (exact) mass is 353 g/mol. The van der Waals surface area contributed by atoms with Crippen LogP contribution in [-0.4, -0.2) is 42.0 Å². The second-order valence-corrected chi connectivity index (χ2v) is 6.56. The van der Waals surface area contributed by atoms with Crippen LogP contribution in [0.4, 0.5) is 0 Å². The van der Waals surface area contributed by atoms with E-state index in [4.69, 9.17) is 4.74 Å². The number of hydrogen-bond acceptors (Lipinski definition) is 4. The summed E-state index contributed by atoms with van der Waals surface area (Å²) in [5.41, 5.74) is 1.86. The number of carbonyl (C=O) groups excluding carboxylic acids is 1. The fourth-order valence-corrected chi connectivity index (χ4v) is 3.44. The molecule has 5 heteroatoms. The van der Waals surface area contributed by atoms with E-state index in [1.165, 1.54) is 24.8 Å². The zero-order valence-electron chi connectivity index (χ0n) is 15.4. The van der Waals surface area contributed by atoms with Crippen LogP contribution >= 0.6 is 0 Å². The van der Waals surface area contributed by atoms with Gasteiger partial charge in [-0.05, 0) is 62.7 Å². The molecule has 1 unspecified atom stereocenters. The second-order valence-electron chi connectivity index (χ2n) is 6.56. The van der Waals surface area contributed by atoms with Gasteiger partial charge in [-0.25, -0.2) is 0 Å². The molecule has 2 aromatic rings. The molecule has 0 bridgehead atoms. The first-order chi connectivity index (χ1) is 12.8. The second kappa shape index (κ2) is 9.34. The molecule has 1 aromatic carbocycles. The predicted octanol–water partition coefficient (Wildman–Crippen LogP) is 3.44. The number of aromatic nitrogens is 1. The van der Waals surface area contributed by atoms with Gasteiger partial charge in [0.05, 0.1) is 12.6 Å². The number of hydrogen-bond donors (Lipinski definition) is 1. The molecule has 0 radical (unpaired) electrons. The summed E-state index contributed by atoms with van der Waals surface area (Å²) in [6.45, 7) is 5.39. The van der Waals surface area contributed by atoms with Crippen molar-refractivity contribution in [2.75, 3.05) is 26.2 Å². The summed E-state index contributed by atoms with van der Waals surface area (Å²) in [7, 11) is 0. The quantitative estimate of drug-likeness (QED) is 0.828. The lowest BCUT2D eigenvalue weighted by atomic mass is 10.0. The van der Waals surface area contributed by atoms with Crippen LogP contribution in [-0.2, 0) is 0 Å². The number of ether oxygens (including phenoxy) is 1. The van der Waals surface area contributed by atoms with Crippen molar-refractivity contribution in [3.05, 3.63) is 59.9 Å². The van der Waals surface area contributed by atoms with Crippen molar-refractivity contribution in [1.29, 1.82) is 0 Å². The summed E-state index contributed by atoms with van der Waals surface area (Å²) >= 11 is 0. The lowest BCUT2D eigenvalue weighted by molar-refractivity contribution is 0.0924. The van der Waals surface area contributed by atoms with Crippen molar-refractivity contribution in [1.82, 2.24) is 15.2 Å². The Morgan fingerprint density at radius 3 is 2.46 bits per heavy atom. The van der Waals surface area contributed by atoms with Gasteiger partial charge in [0.15, 0.2) is 0 Å². The molecule has 1 amide bonds. The van der Waals surface area contributed by atoms with Crippen molar-refractivity contribution in [2.45, 2.75) is 32.2 Å². The Morgan fingerprint density at radius 2 is 1.81 bits per heavy atom. The average Bonchev–Trinajstić information content (AvgIpc) is 2.71. The normalized spacial score (nSPS) is 16.0. The minimum Gasteiger partial charge on any atom is -0.494 e. The van der Waals surface area contributed by atoms with Gasteiger partial charge in [0.2, 0.25) is 0 Å². The van der Waals surface area contributed by atoms with Crippen LogP contribution in [0.5, 0.6) is 5.75 Å². The van der Waals surface area contributed by atoms with E-state index in [1.54, 1.807) is 24.5 Å². The average molecular weight is 353 g/mol. The van der Waals surface area contributed by atoms with Crippen LogP contribution in [0.2, 0.25) is 0 Å². The molecular weight excluding hydrogens is 326 g/mol. The van der Waals surface area contributed by atoms with Crippen molar-refractivity contribution in [3.63, 3.8) is 0 Å². The minimum atomic E-state index is -0.0552. The van der Waals surface area contributed by atoms with E-state index in [2.05, 4.69) is 27.3 Å². The van der Waals surface area contributed by atoms with Gasteiger partial charge in [0, 0.05) is 24.5 Å². The minimum absolute atomic E-state index is 0.0552. The van der Waals surface area contributed by atoms with Gasteiger partial charge < -0.3 is 10.1 Å². The molecule has 0 spiro atoms. The van der Waals surface area contributed by atoms with Crippen LogP contribution in [0.1, 0.15) is 48.1 Å². The molecule has 1 aliphatic heterocycles. The molecule has 138 valence electrons. The SMILES string of the molecule is CCOc1ccc(C(CNC(=O)c2ccncc2)N2CCCCC2)cc1. The standard InChI is InChI=1S/C21H27N3O2/c1-2-26-19-8-6-17(7-9-19)20(24-14-4-3-5-15-24)16-23-21(25)18-10-12-22-13-11-18/h6-13,20H,2-5,14-16H2,1H3,(H,23,25). The van der Waals surface area contributed by atoms with E-state index in [9.17, 15) is 4.79 Å². The largest absolute Gasteiger partial charge is 0.494 e. The number of likely N-dealkylation sites (tertiary alicyclic amines) is 1. The van der Waals surface area contributed by atoms with Gasteiger partial charge in [0.25, 0.3) is 5.91 Å². The molecule has 1 N–H and O–H groups in total. The molecule has 26 heavy (non-hydrogen) atoms. The first-order valence-electron chi connectivity index (χ1n) is 9.43. The van der Waals surface area contributed by atoms with E-state index in [1.807, 2.05) is 19.1 Å². The maximum absolute atomic E-state index is 12.4. The Labute approximate surface area is 155 Å². The van der Waals surface area contributed by atoms with Crippen LogP contribution in [0.3, 0.4) is 0 Å². The Balaban J connectivity index is 1.71. The molecule has 1 aromatic heterocycles. The Hall–Kier alpha value is -2.40. The zero-order valence-corrected chi connectivity index (χ0v) is 15.4. The van der Waals surface area contributed by atoms with Crippen LogP contribution in [0, 0.1) is 0 Å². The topological polar surface area (TPSA) is 54.5 Å². The van der Waals surface area contributed by atoms with Crippen LogP contribution in [0.25, 0.3) is 0 Å². The van der Waals surface area contributed by atoms with Crippen LogP contribution in [0.15, 0.2) is 48.8 Å². The molecule has 1 saturated heterocycles. The number of pyridine rings is 1. The molecule has 1 atom stereocenters. The molecular formula is C21H27N3O2. The predicted molar refractivity (Wildman–Crippen MR) is 102 cm³/mol. The van der Waals surface area contributed by atoms with Crippen LogP contribution < -0.4 is 10.1 Å². The third kappa shape index (κ3) is 4.82. The summed E-state index contributed by atoms with van der Waals surface area (Å²) in [6.07, 6.45) is 7.00. The zero-order chi connectivity index (χ0) is 18.2. The van der Waals surface area contributed by atoms with E-state index in [-0.39, 0.29) is 11.9 Å². The number of amides is 1. The number of benzene rings is 1. The third-order valence-corrected chi connectivity index (χ3v) is 4.81. The maximum atomic E-state index is 12.4. The number of rotatable bonds is 7. The van der Waals surface area contributed by atoms with Crippen molar-refractivity contribution < 1.29 is 9.53 Å². The number of nitrogens with zero attached hydrogens (tertiary/aromatic N) is 2. The van der Waals surface area contributed by atoms with Gasteiger partial charge in [0.1, 0.15) is 5.75 Å². The fraction of sp³-hybridized carbons (Fsp3) is 0.429. The summed E-state index contributed by atoms with van der Waals surface area (Å²) in [4.78, 5) is 18.9. The number of nitrogens with one attached hydrogen (secondary N) is 1. The summed E-state index contributed by atoms with van der Waals surface area (Å²) in [6, 6.07) is 11.9. The molecule has 1 fully saturated rings. The first kappa shape index (κ1) is 18.4. The van der Waals surface area contributed by atoms with Gasteiger partial charge in [-0.1, -0.05) is 18.6 Å².